The first-order valence-electron chi connectivity index (χ1n) is 11.8. The van der Waals surface area contributed by atoms with Gasteiger partial charge in [-0.15, -0.1) is 0 Å². The molecule has 1 unspecified atom stereocenters. The molecule has 1 saturated heterocycles. The number of aliphatic hydroxyl groups excluding tert-OH is 1. The molecule has 2 N–H and O–H groups in total. The maximum Gasteiger partial charge on any atom is 0.226 e. The molecule has 2 heterocycles. The first-order valence-corrected chi connectivity index (χ1v) is 11.8. The molecule has 2 aromatic rings. The summed E-state index contributed by atoms with van der Waals surface area (Å²) in [6.45, 7) is 3.35. The predicted molar refractivity (Wildman–Crippen MR) is 128 cm³/mol. The number of benzene rings is 1. The summed E-state index contributed by atoms with van der Waals surface area (Å²) in [5.74, 6) is 0.0420. The fourth-order valence-electron chi connectivity index (χ4n) is 3.97. The highest BCUT2D eigenvalue weighted by Crippen LogP contribution is 2.20. The summed E-state index contributed by atoms with van der Waals surface area (Å²) in [7, 11) is 1.83. The Morgan fingerprint density at radius 2 is 1.94 bits per heavy atom. The number of hydrogen-bond donors (Lipinski definition) is 2. The number of unbranched alkanes of at least 4 members (excludes halogenated alkanes) is 1. The Kier molecular flexibility index (Phi) is 9.54. The Morgan fingerprint density at radius 3 is 2.61 bits per heavy atom. The van der Waals surface area contributed by atoms with Crippen molar-refractivity contribution in [2.75, 3.05) is 20.3 Å². The van der Waals surface area contributed by atoms with Crippen LogP contribution < -0.4 is 10.7 Å². The van der Waals surface area contributed by atoms with Gasteiger partial charge in [0.05, 0.1) is 34.7 Å². The van der Waals surface area contributed by atoms with E-state index in [2.05, 4.69) is 6.92 Å². The van der Waals surface area contributed by atoms with Crippen molar-refractivity contribution >= 4 is 18.1 Å². The van der Waals surface area contributed by atoms with Crippen molar-refractivity contribution in [1.82, 2.24) is 14.9 Å². The molecule has 1 atom stereocenters. The highest BCUT2D eigenvalue weighted by Gasteiger charge is 2.23. The molecule has 33 heavy (non-hydrogen) atoms. The molecule has 0 radical (unpaired) electrons. The normalized spacial score (nSPS) is 17.2. The summed E-state index contributed by atoms with van der Waals surface area (Å²) >= 11 is 0. The highest BCUT2D eigenvalue weighted by molar-refractivity contribution is 5.81. The smallest absolute Gasteiger partial charge is 0.226 e. The number of nitrogens with zero attached hydrogens (tertiary/aromatic N) is 3. The lowest BCUT2D eigenvalue weighted by Gasteiger charge is -2.22. The molecule has 0 spiro atoms. The highest BCUT2D eigenvalue weighted by atomic mass is 16.5. The van der Waals surface area contributed by atoms with Crippen LogP contribution in [0.4, 0.5) is 0 Å². The van der Waals surface area contributed by atoms with Gasteiger partial charge in [0, 0.05) is 25.6 Å². The largest absolute Gasteiger partial charge is 0.379 e. The monoisotopic (exact) mass is 453 g/mol. The summed E-state index contributed by atoms with van der Waals surface area (Å²) in [6, 6.07) is 10.1. The van der Waals surface area contributed by atoms with Crippen molar-refractivity contribution in [1.29, 1.82) is 0 Å². The van der Waals surface area contributed by atoms with E-state index in [4.69, 9.17) is 24.9 Å². The second-order valence-corrected chi connectivity index (χ2v) is 8.42. The van der Waals surface area contributed by atoms with Gasteiger partial charge in [0.2, 0.25) is 5.91 Å². The van der Waals surface area contributed by atoms with Crippen LogP contribution in [0.15, 0.2) is 30.3 Å². The van der Waals surface area contributed by atoms with E-state index in [0.717, 1.165) is 46.9 Å². The lowest BCUT2D eigenvalue weighted by molar-refractivity contribution is -0.130. The Balaban J connectivity index is 1.92. The maximum absolute atomic E-state index is 12.8. The maximum atomic E-state index is 12.8. The zero-order chi connectivity index (χ0) is 23.6. The lowest BCUT2D eigenvalue weighted by Crippen LogP contribution is -2.38. The van der Waals surface area contributed by atoms with Gasteiger partial charge in [0.1, 0.15) is 0 Å². The number of ether oxygens (including phenoxy) is 1. The number of carbonyl (C=O) groups is 1. The molecule has 0 bridgehead atoms. The topological polar surface area (TPSA) is 95.8 Å². The van der Waals surface area contributed by atoms with E-state index in [0.29, 0.717) is 32.5 Å². The number of carbonyl (C=O) groups excluding carboxylic acids is 1. The van der Waals surface area contributed by atoms with Crippen LogP contribution in [0, 0.1) is 0 Å². The van der Waals surface area contributed by atoms with Gasteiger partial charge in [-0.25, -0.2) is 9.97 Å². The van der Waals surface area contributed by atoms with Crippen LogP contribution in [0.5, 0.6) is 0 Å². The zero-order valence-electron chi connectivity index (χ0n) is 19.6. The average Bonchev–Trinajstić information content (AvgIpc) is 3.36. The number of hydrogen-bond acceptors (Lipinski definition) is 6. The van der Waals surface area contributed by atoms with Crippen LogP contribution in [0.25, 0.3) is 23.4 Å². The van der Waals surface area contributed by atoms with Crippen molar-refractivity contribution in [3.63, 3.8) is 0 Å². The van der Waals surface area contributed by atoms with Gasteiger partial charge in [0.25, 0.3) is 0 Å². The predicted octanol–water partition coefficient (Wildman–Crippen LogP) is 1.78. The second-order valence-electron chi connectivity index (χ2n) is 8.42. The third kappa shape index (κ3) is 7.19. The summed E-state index contributed by atoms with van der Waals surface area (Å²) in [5, 5.41) is 19.8. The van der Waals surface area contributed by atoms with Crippen LogP contribution in [0.2, 0.25) is 0 Å². The molecule has 0 aliphatic carbocycles. The minimum absolute atomic E-state index is 0.0420. The molecule has 7 nitrogen and oxygen atoms in total. The molecule has 1 aromatic heterocycles. The number of aryl methyl sites for hydroxylation is 1. The van der Waals surface area contributed by atoms with Crippen molar-refractivity contribution in [2.24, 2.45) is 0 Å². The second kappa shape index (κ2) is 12.6. The van der Waals surface area contributed by atoms with Crippen LogP contribution in [-0.2, 0) is 16.0 Å². The van der Waals surface area contributed by atoms with Crippen molar-refractivity contribution in [3.05, 3.63) is 46.7 Å². The lowest BCUT2D eigenvalue weighted by atomic mass is 10.0. The van der Waals surface area contributed by atoms with Gasteiger partial charge in [-0.2, -0.15) is 0 Å². The average molecular weight is 454 g/mol. The first-order chi connectivity index (χ1) is 16.0. The summed E-state index contributed by atoms with van der Waals surface area (Å²) in [6.07, 6.45) is 7.02. The van der Waals surface area contributed by atoms with Gasteiger partial charge >= 0.3 is 0 Å². The minimum atomic E-state index is -1.29. The number of amides is 1. The molecular weight excluding hydrogens is 418 g/mol. The molecule has 0 saturated carbocycles. The zero-order valence-corrected chi connectivity index (χ0v) is 19.6. The van der Waals surface area contributed by atoms with Crippen LogP contribution in [0.1, 0.15) is 51.1 Å². The molecule has 1 aliphatic rings. The Bertz CT molecular complexity index is 1020. The summed E-state index contributed by atoms with van der Waals surface area (Å²) < 4.78 is 5.41. The first kappa shape index (κ1) is 25.0. The molecule has 3 rings (SSSR count). The van der Waals surface area contributed by atoms with E-state index in [1.54, 1.807) is 4.90 Å². The van der Waals surface area contributed by atoms with E-state index < -0.39 is 6.29 Å². The Morgan fingerprint density at radius 1 is 1.18 bits per heavy atom. The molecule has 1 fully saturated rings. The minimum Gasteiger partial charge on any atom is -0.379 e. The Hall–Kier alpha value is -2.61. The quantitative estimate of drug-likeness (QED) is 0.421. The number of aliphatic hydroxyl groups is 2. The van der Waals surface area contributed by atoms with E-state index in [9.17, 15) is 4.79 Å². The third-order valence-electron chi connectivity index (χ3n) is 5.91. The van der Waals surface area contributed by atoms with E-state index >= 15 is 0 Å². The standard InChI is InChI=1S/C26H35N3O4/c1-3-9-21-22(14-15-24(30)29(2)20-16-17-33-18-20)27-23(12-7-8-13-25(31)32)26(28-21)19-10-5-4-6-11-19/h4-6,9-11,14,20,25,31-32H,3,7-8,12-13,15-18H2,1-2H3/b21-9+,22-14+. The van der Waals surface area contributed by atoms with Gasteiger partial charge in [-0.1, -0.05) is 43.3 Å². The SMILES string of the molecule is CC/C=c1/nc(-c2ccccc2)c(CCCCC(O)O)n/c1=C/CC(=O)N(C)C1CCOC1. The molecule has 1 amide bonds. The van der Waals surface area contributed by atoms with Gasteiger partial charge in [-0.3, -0.25) is 4.79 Å². The van der Waals surface area contributed by atoms with E-state index in [1.165, 1.54) is 0 Å². The van der Waals surface area contributed by atoms with E-state index in [1.807, 2.05) is 49.5 Å². The fourth-order valence-corrected chi connectivity index (χ4v) is 3.97. The molecule has 1 aliphatic heterocycles. The van der Waals surface area contributed by atoms with Gasteiger partial charge < -0.3 is 19.8 Å². The molecular formula is C26H35N3O4. The van der Waals surface area contributed by atoms with Gasteiger partial charge in [0.15, 0.2) is 6.29 Å². The third-order valence-corrected chi connectivity index (χ3v) is 5.91. The molecule has 178 valence electrons. The number of rotatable bonds is 10. The summed E-state index contributed by atoms with van der Waals surface area (Å²) in [4.78, 5) is 24.4. The van der Waals surface area contributed by atoms with Crippen LogP contribution in [0.3, 0.4) is 0 Å². The van der Waals surface area contributed by atoms with Crippen molar-refractivity contribution in [2.45, 2.75) is 64.2 Å². The van der Waals surface area contributed by atoms with Crippen molar-refractivity contribution in [3.8, 4) is 11.3 Å². The molecule has 1 aromatic carbocycles. The summed E-state index contributed by atoms with van der Waals surface area (Å²) in [5.41, 5.74) is 2.69. The fraction of sp³-hybridized carbons (Fsp3) is 0.500. The van der Waals surface area contributed by atoms with Gasteiger partial charge in [-0.05, 0) is 44.6 Å². The molecule has 7 heteroatoms. The van der Waals surface area contributed by atoms with Crippen LogP contribution >= 0.6 is 0 Å². The van der Waals surface area contributed by atoms with Crippen molar-refractivity contribution < 1.29 is 19.7 Å². The number of likely N-dealkylation sites (N-methyl/N-ethyl adjacent to an activating group) is 1. The Labute approximate surface area is 195 Å². The van der Waals surface area contributed by atoms with Crippen LogP contribution in [-0.4, -0.2) is 63.6 Å². The number of aromatic nitrogens is 2. The van der Waals surface area contributed by atoms with E-state index in [-0.39, 0.29) is 18.4 Å².